The molecular weight excluding hydrogens is 673 g/mol. The molecule has 0 spiro atoms. The van der Waals surface area contributed by atoms with Crippen molar-refractivity contribution in [1.82, 2.24) is 20.3 Å². The van der Waals surface area contributed by atoms with Crippen LogP contribution >= 0.6 is 0 Å². The molecule has 0 aliphatic carbocycles. The van der Waals surface area contributed by atoms with Gasteiger partial charge in [0.05, 0.1) is 11.0 Å². The van der Waals surface area contributed by atoms with Crippen molar-refractivity contribution in [3.8, 4) is 0 Å². The molecule has 1 heterocycles. The molecule has 2 amide bonds. The highest BCUT2D eigenvalue weighted by atomic mass is 16.7. The van der Waals surface area contributed by atoms with Gasteiger partial charge in [-0.05, 0) is 72.6 Å². The number of hydroxylamine groups is 1. The van der Waals surface area contributed by atoms with E-state index in [9.17, 15) is 9.59 Å². The molecule has 6 rings (SSSR count). The van der Waals surface area contributed by atoms with Crippen LogP contribution < -0.4 is 10.8 Å². The van der Waals surface area contributed by atoms with Gasteiger partial charge in [-0.3, -0.25) is 9.63 Å². The monoisotopic (exact) mass is 722 g/mol. The van der Waals surface area contributed by atoms with E-state index in [1.807, 2.05) is 109 Å². The summed E-state index contributed by atoms with van der Waals surface area (Å²) in [4.78, 5) is 39.2. The Balaban J connectivity index is 1.31. The molecule has 5 aromatic carbocycles. The molecule has 0 bridgehead atoms. The molecule has 0 saturated heterocycles. The van der Waals surface area contributed by atoms with Crippen LogP contribution in [0.3, 0.4) is 0 Å². The molecule has 8 nitrogen and oxygen atoms in total. The van der Waals surface area contributed by atoms with Crippen LogP contribution in [0, 0.1) is 0 Å². The Morgan fingerprint density at radius 2 is 1.19 bits per heavy atom. The van der Waals surface area contributed by atoms with Crippen LogP contribution in [0.25, 0.3) is 11.0 Å². The van der Waals surface area contributed by atoms with Crippen LogP contribution in [0.4, 0.5) is 4.79 Å². The van der Waals surface area contributed by atoms with Gasteiger partial charge in [0.15, 0.2) is 5.60 Å². The second-order valence-corrected chi connectivity index (χ2v) is 15.6. The number of nitrogens with zero attached hydrogens (tertiary/aromatic N) is 2. The zero-order valence-electron chi connectivity index (χ0n) is 32.0. The number of aryl methyl sites for hydroxylation is 1. The van der Waals surface area contributed by atoms with Gasteiger partial charge >= 0.3 is 6.09 Å². The third kappa shape index (κ3) is 8.89. The van der Waals surface area contributed by atoms with Crippen LogP contribution in [0.5, 0.6) is 0 Å². The van der Waals surface area contributed by atoms with Crippen molar-refractivity contribution >= 4 is 23.0 Å². The first-order chi connectivity index (χ1) is 25.8. The van der Waals surface area contributed by atoms with Crippen LogP contribution in [-0.2, 0) is 38.4 Å². The van der Waals surface area contributed by atoms with E-state index in [1.54, 1.807) is 20.8 Å². The van der Waals surface area contributed by atoms with Crippen molar-refractivity contribution in [3.05, 3.63) is 173 Å². The molecule has 278 valence electrons. The SMILES string of the molecule is CC(C)(C)OC(=O)NC(CCc1nc2ccccc2n1Cc1ccc(C(C)(C)C)cc1)C(=O)NOC(c1ccccc1)(c1ccccc1)c1ccccc1. The molecule has 0 fully saturated rings. The molecule has 6 aromatic rings. The summed E-state index contributed by atoms with van der Waals surface area (Å²) >= 11 is 0. The Hall–Kier alpha value is -5.73. The zero-order chi connectivity index (χ0) is 38.3. The summed E-state index contributed by atoms with van der Waals surface area (Å²) in [6.07, 6.45) is -0.0740. The number of amides is 2. The molecule has 1 aromatic heterocycles. The van der Waals surface area contributed by atoms with Crippen molar-refractivity contribution in [2.45, 2.75) is 83.6 Å². The van der Waals surface area contributed by atoms with E-state index >= 15 is 0 Å². The average Bonchev–Trinajstić information content (AvgIpc) is 3.50. The first-order valence-corrected chi connectivity index (χ1v) is 18.5. The smallest absolute Gasteiger partial charge is 0.408 e. The molecule has 8 heteroatoms. The molecule has 1 unspecified atom stereocenters. The highest BCUT2D eigenvalue weighted by Gasteiger charge is 2.40. The number of ether oxygens (including phenoxy) is 1. The van der Waals surface area contributed by atoms with Crippen LogP contribution in [-0.4, -0.2) is 33.2 Å². The lowest BCUT2D eigenvalue weighted by atomic mass is 9.80. The molecular formula is C46H50N4O4. The van der Waals surface area contributed by atoms with Crippen molar-refractivity contribution in [2.75, 3.05) is 0 Å². The number of rotatable bonds is 12. The second kappa shape index (κ2) is 16.1. The van der Waals surface area contributed by atoms with Crippen molar-refractivity contribution in [3.63, 3.8) is 0 Å². The van der Waals surface area contributed by atoms with Gasteiger partial charge in [-0.2, -0.15) is 0 Å². The van der Waals surface area contributed by atoms with E-state index in [1.165, 1.54) is 5.56 Å². The highest BCUT2D eigenvalue weighted by molar-refractivity contribution is 5.85. The predicted octanol–water partition coefficient (Wildman–Crippen LogP) is 9.25. The number of alkyl carbamates (subject to hydrolysis) is 1. The Bertz CT molecular complexity index is 2050. The van der Waals surface area contributed by atoms with Gasteiger partial charge < -0.3 is 14.6 Å². The van der Waals surface area contributed by atoms with Crippen molar-refractivity contribution in [2.24, 2.45) is 0 Å². The number of imidazole rings is 1. The minimum Gasteiger partial charge on any atom is -0.444 e. The lowest BCUT2D eigenvalue weighted by Crippen LogP contribution is -2.50. The fraction of sp³-hybridized carbons (Fsp3) is 0.283. The second-order valence-electron chi connectivity index (χ2n) is 15.6. The fourth-order valence-corrected chi connectivity index (χ4v) is 6.67. The summed E-state index contributed by atoms with van der Waals surface area (Å²) in [5.74, 6) is 0.279. The van der Waals surface area contributed by atoms with Crippen LogP contribution in [0.2, 0.25) is 0 Å². The molecule has 0 aliphatic heterocycles. The minimum absolute atomic E-state index is 0.0504. The average molecular weight is 723 g/mol. The third-order valence-corrected chi connectivity index (χ3v) is 9.40. The number of para-hydroxylation sites is 2. The molecule has 0 saturated carbocycles. The van der Waals surface area contributed by atoms with Gasteiger partial charge in [-0.15, -0.1) is 0 Å². The Morgan fingerprint density at radius 1 is 0.667 bits per heavy atom. The van der Waals surface area contributed by atoms with Crippen molar-refractivity contribution < 1.29 is 19.2 Å². The maximum absolute atomic E-state index is 14.3. The van der Waals surface area contributed by atoms with Gasteiger partial charge in [0.25, 0.3) is 5.91 Å². The summed E-state index contributed by atoms with van der Waals surface area (Å²) in [6, 6.07) is 45.0. The minimum atomic E-state index is -1.20. The first-order valence-electron chi connectivity index (χ1n) is 18.5. The lowest BCUT2D eigenvalue weighted by Gasteiger charge is -2.35. The highest BCUT2D eigenvalue weighted by Crippen LogP contribution is 2.39. The largest absolute Gasteiger partial charge is 0.444 e. The van der Waals surface area contributed by atoms with E-state index < -0.39 is 29.2 Å². The summed E-state index contributed by atoms with van der Waals surface area (Å²) in [5, 5.41) is 2.83. The molecule has 2 N–H and O–H groups in total. The Kier molecular flexibility index (Phi) is 11.3. The van der Waals surface area contributed by atoms with E-state index in [0.29, 0.717) is 13.0 Å². The van der Waals surface area contributed by atoms with E-state index in [-0.39, 0.29) is 11.8 Å². The van der Waals surface area contributed by atoms with Crippen LogP contribution in [0.1, 0.15) is 81.6 Å². The molecule has 54 heavy (non-hydrogen) atoms. The standard InChI is InChI=1S/C46H50N4O4/c1-44(2,3)34-28-26-33(27-29-34)32-50-40-25-17-16-24-38(40)47-41(50)31-30-39(48-43(52)53-45(4,5)6)42(51)49-54-46(35-18-10-7-11-19-35,36-20-12-8-13-21-36)37-22-14-9-15-23-37/h7-29,39H,30-32H2,1-6H3,(H,48,52)(H,49,51). The van der Waals surface area contributed by atoms with Gasteiger partial charge in [-0.1, -0.05) is 148 Å². The summed E-state index contributed by atoms with van der Waals surface area (Å²) in [5.41, 5.74) is 7.60. The lowest BCUT2D eigenvalue weighted by molar-refractivity contribution is -0.145. The van der Waals surface area contributed by atoms with Gasteiger partial charge in [0.2, 0.25) is 0 Å². The first kappa shape index (κ1) is 38.0. The van der Waals surface area contributed by atoms with Crippen LogP contribution in [0.15, 0.2) is 140 Å². The molecule has 1 atom stereocenters. The van der Waals surface area contributed by atoms with E-state index in [4.69, 9.17) is 14.6 Å². The maximum atomic E-state index is 14.3. The normalized spacial score (nSPS) is 12.6. The molecule has 0 radical (unpaired) electrons. The number of carbonyl (C=O) groups is 2. The van der Waals surface area contributed by atoms with E-state index in [2.05, 4.69) is 66.5 Å². The third-order valence-electron chi connectivity index (χ3n) is 9.40. The van der Waals surface area contributed by atoms with E-state index in [0.717, 1.165) is 39.1 Å². The topological polar surface area (TPSA) is 94.5 Å². The van der Waals surface area contributed by atoms with Crippen molar-refractivity contribution in [1.29, 1.82) is 0 Å². The number of fused-ring (bicyclic) bond motifs is 1. The Morgan fingerprint density at radius 3 is 1.70 bits per heavy atom. The van der Waals surface area contributed by atoms with Gasteiger partial charge in [0, 0.05) is 13.0 Å². The van der Waals surface area contributed by atoms with Gasteiger partial charge in [0.1, 0.15) is 17.5 Å². The summed E-state index contributed by atoms with van der Waals surface area (Å²) in [7, 11) is 0. The Labute approximate surface area is 318 Å². The number of hydrogen-bond acceptors (Lipinski definition) is 5. The quantitative estimate of drug-likeness (QED) is 0.0971. The molecule has 0 aliphatic rings. The van der Waals surface area contributed by atoms with Gasteiger partial charge in [-0.25, -0.2) is 15.3 Å². The number of aromatic nitrogens is 2. The number of carbonyl (C=O) groups excluding carboxylic acids is 2. The maximum Gasteiger partial charge on any atom is 0.408 e. The predicted molar refractivity (Wildman–Crippen MR) is 214 cm³/mol. The number of benzene rings is 5. The summed E-state index contributed by atoms with van der Waals surface area (Å²) < 4.78 is 7.80. The fourth-order valence-electron chi connectivity index (χ4n) is 6.67. The number of hydrogen-bond donors (Lipinski definition) is 2. The zero-order valence-corrected chi connectivity index (χ0v) is 32.0. The number of nitrogens with one attached hydrogen (secondary N) is 2. The summed E-state index contributed by atoms with van der Waals surface area (Å²) in [6.45, 7) is 12.6.